The molecule has 0 radical (unpaired) electrons. The Morgan fingerprint density at radius 3 is 3.00 bits per heavy atom. The normalized spacial score (nSPS) is 12.7. The molecule has 0 spiro atoms. The predicted molar refractivity (Wildman–Crippen MR) is 80.9 cm³/mol. The molecule has 2 aromatic rings. The second-order valence-electron chi connectivity index (χ2n) is 4.78. The first kappa shape index (κ1) is 15.6. The van der Waals surface area contributed by atoms with Gasteiger partial charge >= 0.3 is 0 Å². The van der Waals surface area contributed by atoms with Gasteiger partial charge in [0.15, 0.2) is 11.6 Å². The van der Waals surface area contributed by atoms with E-state index in [9.17, 15) is 9.18 Å². The van der Waals surface area contributed by atoms with Gasteiger partial charge in [-0.15, -0.1) is 12.4 Å². The van der Waals surface area contributed by atoms with Crippen LogP contribution in [0.5, 0.6) is 5.75 Å². The lowest BCUT2D eigenvalue weighted by atomic mass is 10.00. The van der Waals surface area contributed by atoms with Gasteiger partial charge in [-0.3, -0.25) is 4.79 Å². The molecular formula is C14H17ClFN3O2. The summed E-state index contributed by atoms with van der Waals surface area (Å²) in [5.41, 5.74) is 8.38. The third kappa shape index (κ3) is 2.34. The van der Waals surface area contributed by atoms with Gasteiger partial charge in [-0.25, -0.2) is 4.39 Å². The number of hydrogen-bond acceptors (Lipinski definition) is 3. The van der Waals surface area contributed by atoms with E-state index in [4.69, 9.17) is 10.5 Å². The summed E-state index contributed by atoms with van der Waals surface area (Å²) in [5.74, 6) is -0.315. The highest BCUT2D eigenvalue weighted by Crippen LogP contribution is 2.38. The summed E-state index contributed by atoms with van der Waals surface area (Å²) in [7, 11) is 1.56. The lowest BCUT2D eigenvalue weighted by molar-refractivity contribution is 0.0958. The van der Waals surface area contributed by atoms with Crippen molar-refractivity contribution in [2.24, 2.45) is 5.73 Å². The van der Waals surface area contributed by atoms with Crippen LogP contribution in [0.25, 0.3) is 10.9 Å². The quantitative estimate of drug-likeness (QED) is 0.804. The summed E-state index contributed by atoms with van der Waals surface area (Å²) < 4.78 is 19.3. The number of halogens is 2. The zero-order valence-corrected chi connectivity index (χ0v) is 12.4. The molecule has 5 nitrogen and oxygen atoms in total. The van der Waals surface area contributed by atoms with Crippen molar-refractivity contribution in [3.8, 4) is 5.75 Å². The van der Waals surface area contributed by atoms with Crippen LogP contribution < -0.4 is 15.8 Å². The van der Waals surface area contributed by atoms with Crippen molar-refractivity contribution in [2.75, 3.05) is 20.2 Å². The minimum absolute atomic E-state index is 0. The van der Waals surface area contributed by atoms with E-state index in [0.717, 1.165) is 16.5 Å². The van der Waals surface area contributed by atoms with Crippen LogP contribution in [0.1, 0.15) is 21.6 Å². The van der Waals surface area contributed by atoms with Crippen molar-refractivity contribution in [1.29, 1.82) is 0 Å². The van der Waals surface area contributed by atoms with Gasteiger partial charge in [0.2, 0.25) is 0 Å². The van der Waals surface area contributed by atoms with Crippen LogP contribution in [-0.2, 0) is 12.8 Å². The number of amides is 1. The summed E-state index contributed by atoms with van der Waals surface area (Å²) in [6.07, 6.45) is 1.20. The number of nitrogens with one attached hydrogen (secondary N) is 2. The third-order valence-electron chi connectivity index (χ3n) is 3.64. The zero-order valence-electron chi connectivity index (χ0n) is 11.6. The Hall–Kier alpha value is -1.79. The van der Waals surface area contributed by atoms with Gasteiger partial charge < -0.3 is 20.8 Å². The van der Waals surface area contributed by atoms with Crippen molar-refractivity contribution < 1.29 is 13.9 Å². The number of benzene rings is 1. The van der Waals surface area contributed by atoms with Crippen molar-refractivity contribution >= 4 is 29.2 Å². The van der Waals surface area contributed by atoms with Crippen LogP contribution in [0.3, 0.4) is 0 Å². The van der Waals surface area contributed by atoms with Crippen LogP contribution in [0, 0.1) is 5.82 Å². The number of fused-ring (bicyclic) bond motifs is 3. The number of hydrogen-bond donors (Lipinski definition) is 3. The molecule has 0 bridgehead atoms. The fourth-order valence-corrected chi connectivity index (χ4v) is 2.83. The van der Waals surface area contributed by atoms with Crippen LogP contribution >= 0.6 is 12.4 Å². The van der Waals surface area contributed by atoms with E-state index in [1.807, 2.05) is 0 Å². The molecule has 1 aliphatic heterocycles. The van der Waals surface area contributed by atoms with Gasteiger partial charge in [0.1, 0.15) is 5.69 Å². The second kappa shape index (κ2) is 5.91. The fourth-order valence-electron chi connectivity index (χ4n) is 2.83. The van der Waals surface area contributed by atoms with Gasteiger partial charge in [0, 0.05) is 36.0 Å². The molecule has 1 aromatic heterocycles. The molecule has 4 N–H and O–H groups in total. The van der Waals surface area contributed by atoms with Gasteiger partial charge in [-0.2, -0.15) is 0 Å². The molecule has 0 aliphatic carbocycles. The number of carbonyl (C=O) groups excluding carboxylic acids is 1. The minimum Gasteiger partial charge on any atom is -0.490 e. The third-order valence-corrected chi connectivity index (χ3v) is 3.64. The zero-order chi connectivity index (χ0) is 14.3. The summed E-state index contributed by atoms with van der Waals surface area (Å²) in [4.78, 5) is 15.0. The number of rotatable bonds is 3. The molecule has 1 aromatic carbocycles. The van der Waals surface area contributed by atoms with E-state index in [-0.39, 0.29) is 18.3 Å². The second-order valence-corrected chi connectivity index (χ2v) is 4.78. The molecule has 0 saturated carbocycles. The number of carbonyl (C=O) groups is 1. The average molecular weight is 314 g/mol. The number of aromatic nitrogens is 1. The van der Waals surface area contributed by atoms with Gasteiger partial charge in [-0.05, 0) is 18.5 Å². The Kier molecular flexibility index (Phi) is 4.39. The molecule has 0 unspecified atom stereocenters. The fraction of sp³-hybridized carbons (Fsp3) is 0.357. The standard InChI is InChI=1S/C14H16FN3O2.ClH/c1-17-14(19)12-7(2-4-16)11-8-3-5-20-13(8)9(15)6-10(11)18-12;/h6,18H,2-5,16H2,1H3,(H,17,19);1H. The monoisotopic (exact) mass is 313 g/mol. The average Bonchev–Trinajstić information content (AvgIpc) is 3.03. The summed E-state index contributed by atoms with van der Waals surface area (Å²) in [6.45, 7) is 0.887. The van der Waals surface area contributed by atoms with Crippen molar-refractivity contribution in [3.05, 3.63) is 28.7 Å². The van der Waals surface area contributed by atoms with Gasteiger partial charge in [0.05, 0.1) is 6.61 Å². The summed E-state index contributed by atoms with van der Waals surface area (Å²) in [5, 5.41) is 3.47. The summed E-state index contributed by atoms with van der Waals surface area (Å²) >= 11 is 0. The van der Waals surface area contributed by atoms with E-state index in [1.165, 1.54) is 6.07 Å². The molecule has 0 fully saturated rings. The Labute approximate surface area is 127 Å². The van der Waals surface area contributed by atoms with E-state index in [0.29, 0.717) is 43.0 Å². The Morgan fingerprint density at radius 2 is 2.33 bits per heavy atom. The highest BCUT2D eigenvalue weighted by molar-refractivity contribution is 6.02. The lowest BCUT2D eigenvalue weighted by Gasteiger charge is -2.05. The van der Waals surface area contributed by atoms with Crippen molar-refractivity contribution in [3.63, 3.8) is 0 Å². The Morgan fingerprint density at radius 1 is 1.57 bits per heavy atom. The van der Waals surface area contributed by atoms with E-state index in [1.54, 1.807) is 7.05 Å². The molecule has 0 saturated heterocycles. The van der Waals surface area contributed by atoms with Gasteiger partial charge in [-0.1, -0.05) is 0 Å². The summed E-state index contributed by atoms with van der Waals surface area (Å²) in [6, 6.07) is 1.38. The first-order valence-electron chi connectivity index (χ1n) is 6.58. The molecule has 3 rings (SSSR count). The molecule has 21 heavy (non-hydrogen) atoms. The van der Waals surface area contributed by atoms with Crippen molar-refractivity contribution in [2.45, 2.75) is 12.8 Å². The topological polar surface area (TPSA) is 80.1 Å². The first-order valence-corrected chi connectivity index (χ1v) is 6.58. The molecule has 2 heterocycles. The maximum absolute atomic E-state index is 14.0. The first-order chi connectivity index (χ1) is 9.67. The molecule has 114 valence electrons. The molecular weight excluding hydrogens is 297 g/mol. The van der Waals surface area contributed by atoms with Gasteiger partial charge in [0.25, 0.3) is 5.91 Å². The van der Waals surface area contributed by atoms with E-state index >= 15 is 0 Å². The molecule has 7 heteroatoms. The van der Waals surface area contributed by atoms with Crippen molar-refractivity contribution in [1.82, 2.24) is 10.3 Å². The molecule has 1 aliphatic rings. The van der Waals surface area contributed by atoms with E-state index < -0.39 is 5.82 Å². The predicted octanol–water partition coefficient (Wildman–Crippen LogP) is 1.52. The number of ether oxygens (including phenoxy) is 1. The molecule has 0 atom stereocenters. The van der Waals surface area contributed by atoms with Crippen LogP contribution in [0.15, 0.2) is 6.07 Å². The lowest BCUT2D eigenvalue weighted by Crippen LogP contribution is -2.20. The van der Waals surface area contributed by atoms with E-state index in [2.05, 4.69) is 10.3 Å². The highest BCUT2D eigenvalue weighted by Gasteiger charge is 2.26. The number of H-pyrrole nitrogens is 1. The smallest absolute Gasteiger partial charge is 0.267 e. The van der Waals surface area contributed by atoms with Crippen LogP contribution in [0.4, 0.5) is 4.39 Å². The Balaban J connectivity index is 0.00000161. The maximum atomic E-state index is 14.0. The van der Waals surface area contributed by atoms with Crippen LogP contribution in [0.2, 0.25) is 0 Å². The van der Waals surface area contributed by atoms with Crippen LogP contribution in [-0.4, -0.2) is 31.1 Å². The largest absolute Gasteiger partial charge is 0.490 e. The Bertz CT molecular complexity index is 699. The number of nitrogens with two attached hydrogens (primary N) is 1. The molecule has 1 amide bonds. The SMILES string of the molecule is CNC(=O)c1[nH]c2cc(F)c3c(c2c1CCN)CCO3.Cl. The highest BCUT2D eigenvalue weighted by atomic mass is 35.5. The minimum atomic E-state index is -0.394. The maximum Gasteiger partial charge on any atom is 0.267 e. The number of aromatic amines is 1.